The van der Waals surface area contributed by atoms with E-state index in [1.165, 1.54) is 5.56 Å². The second-order valence-electron chi connectivity index (χ2n) is 8.40. The molecule has 0 aliphatic carbocycles. The van der Waals surface area contributed by atoms with Crippen LogP contribution in [0.4, 0.5) is 5.69 Å². The maximum absolute atomic E-state index is 13.4. The normalized spacial score (nSPS) is 28.1. The van der Waals surface area contributed by atoms with Crippen LogP contribution in [0, 0.1) is 11.8 Å². The molecule has 2 aromatic rings. The number of ether oxygens (including phenoxy) is 2. The Labute approximate surface area is 181 Å². The topological polar surface area (TPSA) is 67.9 Å². The van der Waals surface area contributed by atoms with Crippen molar-refractivity contribution in [3.8, 4) is 5.75 Å². The molecular weight excluding hydrogens is 392 g/mol. The van der Waals surface area contributed by atoms with Crippen molar-refractivity contribution in [2.45, 2.75) is 24.5 Å². The number of methoxy groups -OCH3 is 1. The summed E-state index contributed by atoms with van der Waals surface area (Å²) in [5.41, 5.74) is 1.33. The second kappa shape index (κ2) is 7.85. The van der Waals surface area contributed by atoms with Crippen LogP contribution in [0.2, 0.25) is 0 Å². The number of rotatable bonds is 7. The van der Waals surface area contributed by atoms with Gasteiger partial charge in [0.2, 0.25) is 11.8 Å². The predicted octanol–water partition coefficient (Wildman–Crippen LogP) is 2.73. The minimum Gasteiger partial charge on any atom is -0.497 e. The second-order valence-corrected chi connectivity index (χ2v) is 8.40. The fourth-order valence-electron chi connectivity index (χ4n) is 5.05. The van der Waals surface area contributed by atoms with Crippen molar-refractivity contribution in [2.75, 3.05) is 25.1 Å². The van der Waals surface area contributed by atoms with Gasteiger partial charge in [0.25, 0.3) is 0 Å². The van der Waals surface area contributed by atoms with Crippen molar-refractivity contribution in [2.24, 2.45) is 11.8 Å². The average Bonchev–Trinajstić information content (AvgIpc) is 3.45. The molecule has 2 aromatic carbocycles. The van der Waals surface area contributed by atoms with Gasteiger partial charge in [0.15, 0.2) is 0 Å². The van der Waals surface area contributed by atoms with E-state index in [2.05, 4.69) is 17.4 Å². The Kier molecular flexibility index (Phi) is 5.02. The number of aryl methyl sites for hydroxylation is 1. The number of carbonyl (C=O) groups excluding carboxylic acids is 2. The lowest BCUT2D eigenvalue weighted by molar-refractivity contribution is -0.131. The summed E-state index contributed by atoms with van der Waals surface area (Å²) in [4.78, 5) is 28.1. The summed E-state index contributed by atoms with van der Waals surface area (Å²) in [6.07, 6.45) is 5.34. The van der Waals surface area contributed by atoms with Crippen molar-refractivity contribution in [3.63, 3.8) is 0 Å². The molecule has 3 heterocycles. The number of anilines is 1. The highest BCUT2D eigenvalue weighted by Gasteiger charge is 2.67. The zero-order valence-corrected chi connectivity index (χ0v) is 17.5. The highest BCUT2D eigenvalue weighted by Crippen LogP contribution is 2.52. The minimum atomic E-state index is -0.715. The molecule has 1 spiro atoms. The summed E-state index contributed by atoms with van der Waals surface area (Å²) in [5.74, 6) is -0.393. The van der Waals surface area contributed by atoms with Crippen molar-refractivity contribution >= 4 is 17.5 Å². The number of nitrogens with one attached hydrogen (secondary N) is 1. The van der Waals surface area contributed by atoms with Crippen LogP contribution in [0.1, 0.15) is 12.0 Å². The van der Waals surface area contributed by atoms with Gasteiger partial charge in [-0.2, -0.15) is 0 Å². The summed E-state index contributed by atoms with van der Waals surface area (Å²) >= 11 is 0. The lowest BCUT2D eigenvalue weighted by Crippen LogP contribution is -2.44. The van der Waals surface area contributed by atoms with Crippen LogP contribution in [0.3, 0.4) is 0 Å². The van der Waals surface area contributed by atoms with Gasteiger partial charge in [-0.15, -0.1) is 0 Å². The number of nitrogens with zero attached hydrogens (tertiary/aromatic N) is 1. The molecule has 4 atom stereocenters. The van der Waals surface area contributed by atoms with Crippen molar-refractivity contribution in [3.05, 3.63) is 72.3 Å². The zero-order valence-electron chi connectivity index (χ0n) is 17.5. The number of carbonyl (C=O) groups is 2. The van der Waals surface area contributed by atoms with E-state index in [9.17, 15) is 9.59 Å². The molecule has 31 heavy (non-hydrogen) atoms. The molecule has 3 aliphatic heterocycles. The van der Waals surface area contributed by atoms with Crippen molar-refractivity contribution < 1.29 is 19.1 Å². The Bertz CT molecular complexity index is 1000. The Hall–Kier alpha value is -3.12. The van der Waals surface area contributed by atoms with Gasteiger partial charge < -0.3 is 19.7 Å². The van der Waals surface area contributed by atoms with E-state index in [-0.39, 0.29) is 17.9 Å². The molecular formula is C25H26N2O4. The number of hydrogen-bond acceptors (Lipinski definition) is 4. The van der Waals surface area contributed by atoms with E-state index in [0.29, 0.717) is 13.1 Å². The van der Waals surface area contributed by atoms with Gasteiger partial charge in [-0.1, -0.05) is 42.5 Å². The summed E-state index contributed by atoms with van der Waals surface area (Å²) in [7, 11) is 1.61. The number of hydrogen-bond donors (Lipinski definition) is 1. The smallest absolute Gasteiger partial charge is 0.234 e. The molecule has 0 radical (unpaired) electrons. The lowest BCUT2D eigenvalue weighted by Gasteiger charge is -2.23. The van der Waals surface area contributed by atoms with Crippen LogP contribution in [0.15, 0.2) is 66.7 Å². The Morgan fingerprint density at radius 1 is 1.19 bits per heavy atom. The Morgan fingerprint density at radius 2 is 1.97 bits per heavy atom. The van der Waals surface area contributed by atoms with Gasteiger partial charge in [0.05, 0.1) is 31.6 Å². The standard InChI is InChI=1S/C25H26N2O4/c1-30-19-11-9-18(10-12-19)27-16-25-14-13-20(31-25)21(22(25)24(27)29)23(28)26-15-5-8-17-6-3-2-4-7-17/h2-4,6-7,9-14,20-22H,5,8,15-16H2,1H3,(H,26,28)/t20?,21?,22?,25-/m0/s1. The first-order valence-corrected chi connectivity index (χ1v) is 10.8. The minimum absolute atomic E-state index is 0.0542. The Morgan fingerprint density at radius 3 is 2.71 bits per heavy atom. The summed E-state index contributed by atoms with van der Waals surface area (Å²) < 4.78 is 11.4. The third-order valence-corrected chi connectivity index (χ3v) is 6.57. The molecule has 2 amide bonds. The maximum atomic E-state index is 13.4. The molecule has 3 aliphatic rings. The van der Waals surface area contributed by atoms with E-state index in [1.54, 1.807) is 12.0 Å². The van der Waals surface area contributed by atoms with Gasteiger partial charge in [0.1, 0.15) is 11.4 Å². The van der Waals surface area contributed by atoms with E-state index >= 15 is 0 Å². The van der Waals surface area contributed by atoms with Crippen LogP contribution in [0.5, 0.6) is 5.75 Å². The molecule has 6 nitrogen and oxygen atoms in total. The summed E-state index contributed by atoms with van der Waals surface area (Å²) in [6, 6.07) is 17.6. The fourth-order valence-corrected chi connectivity index (χ4v) is 5.05. The first-order chi connectivity index (χ1) is 15.1. The third kappa shape index (κ3) is 3.41. The SMILES string of the molecule is COc1ccc(N2C[C@]34C=CC(O3)C(C(=O)NCCCc3ccccc3)C4C2=O)cc1. The van der Waals surface area contributed by atoms with Gasteiger partial charge in [-0.25, -0.2) is 0 Å². The molecule has 1 N–H and O–H groups in total. The number of benzene rings is 2. The van der Waals surface area contributed by atoms with Crippen LogP contribution in [0.25, 0.3) is 0 Å². The molecule has 2 saturated heterocycles. The quantitative estimate of drug-likeness (QED) is 0.555. The van der Waals surface area contributed by atoms with E-state index in [0.717, 1.165) is 24.3 Å². The van der Waals surface area contributed by atoms with Gasteiger partial charge in [0, 0.05) is 12.2 Å². The molecule has 3 unspecified atom stereocenters. The molecule has 160 valence electrons. The fraction of sp³-hybridized carbons (Fsp3) is 0.360. The monoisotopic (exact) mass is 418 g/mol. The van der Waals surface area contributed by atoms with E-state index in [1.807, 2.05) is 54.6 Å². The van der Waals surface area contributed by atoms with Crippen LogP contribution >= 0.6 is 0 Å². The molecule has 0 aromatic heterocycles. The number of amides is 2. The lowest BCUT2D eigenvalue weighted by atomic mass is 9.77. The zero-order chi connectivity index (χ0) is 21.4. The van der Waals surface area contributed by atoms with E-state index in [4.69, 9.17) is 9.47 Å². The maximum Gasteiger partial charge on any atom is 0.234 e. The average molecular weight is 418 g/mol. The van der Waals surface area contributed by atoms with Crippen LogP contribution < -0.4 is 15.0 Å². The van der Waals surface area contributed by atoms with E-state index < -0.39 is 17.4 Å². The number of fused-ring (bicyclic) bond motifs is 1. The molecule has 2 bridgehead atoms. The van der Waals surface area contributed by atoms with Gasteiger partial charge in [-0.3, -0.25) is 9.59 Å². The molecule has 6 heteroatoms. The highest BCUT2D eigenvalue weighted by molar-refractivity contribution is 6.03. The molecule has 5 rings (SSSR count). The first-order valence-electron chi connectivity index (χ1n) is 10.8. The predicted molar refractivity (Wildman–Crippen MR) is 117 cm³/mol. The summed E-state index contributed by atoms with van der Waals surface area (Å²) in [5, 5.41) is 3.04. The van der Waals surface area contributed by atoms with Crippen LogP contribution in [-0.4, -0.2) is 43.7 Å². The highest BCUT2D eigenvalue weighted by atomic mass is 16.5. The molecule has 2 fully saturated rings. The first kappa shape index (κ1) is 19.8. The van der Waals surface area contributed by atoms with Crippen molar-refractivity contribution in [1.29, 1.82) is 0 Å². The van der Waals surface area contributed by atoms with Crippen LogP contribution in [-0.2, 0) is 20.7 Å². The third-order valence-electron chi connectivity index (χ3n) is 6.57. The van der Waals surface area contributed by atoms with Gasteiger partial charge >= 0.3 is 0 Å². The largest absolute Gasteiger partial charge is 0.497 e. The van der Waals surface area contributed by atoms with Gasteiger partial charge in [-0.05, 0) is 42.7 Å². The Balaban J connectivity index is 1.26. The summed E-state index contributed by atoms with van der Waals surface area (Å²) in [6.45, 7) is 1.00. The molecule has 0 saturated carbocycles. The van der Waals surface area contributed by atoms with Crippen molar-refractivity contribution in [1.82, 2.24) is 5.32 Å².